The van der Waals surface area contributed by atoms with E-state index in [4.69, 9.17) is 29.1 Å². The lowest BCUT2D eigenvalue weighted by atomic mass is 10.1. The number of hydrogen-bond donors (Lipinski definition) is 5. The van der Waals surface area contributed by atoms with Crippen LogP contribution in [0, 0.1) is 5.41 Å². The molecule has 6 rings (SSSR count). The fourth-order valence-corrected chi connectivity index (χ4v) is 7.34. The highest BCUT2D eigenvalue weighted by molar-refractivity contribution is 6.24. The first-order valence-electron chi connectivity index (χ1n) is 21.5. The van der Waals surface area contributed by atoms with Gasteiger partial charge in [-0.3, -0.25) is 44.7 Å². The van der Waals surface area contributed by atoms with E-state index in [0.29, 0.717) is 109 Å². The Morgan fingerprint density at radius 1 is 0.905 bits per heavy atom. The van der Waals surface area contributed by atoms with E-state index in [0.717, 1.165) is 40.2 Å². The van der Waals surface area contributed by atoms with Gasteiger partial charge in [0, 0.05) is 69.4 Å². The van der Waals surface area contributed by atoms with E-state index in [9.17, 15) is 24.0 Å². The summed E-state index contributed by atoms with van der Waals surface area (Å²) in [6.07, 6.45) is 4.68. The summed E-state index contributed by atoms with van der Waals surface area (Å²) in [5.74, 6) is 0.282. The minimum absolute atomic E-state index is 0.00530. The summed E-state index contributed by atoms with van der Waals surface area (Å²) < 4.78 is 28.6. The molecule has 3 aliphatic rings. The molecule has 3 aromatic rings. The summed E-state index contributed by atoms with van der Waals surface area (Å²) in [5, 5.41) is 25.6. The third-order valence-electron chi connectivity index (χ3n) is 11.2. The third-order valence-corrected chi connectivity index (χ3v) is 11.2. The van der Waals surface area contributed by atoms with Crippen molar-refractivity contribution < 1.29 is 47.7 Å². The number of piperazine rings is 1. The molecule has 2 fully saturated rings. The summed E-state index contributed by atoms with van der Waals surface area (Å²) in [4.78, 5) is 66.4. The molecule has 1 saturated carbocycles. The van der Waals surface area contributed by atoms with Crippen LogP contribution in [0.4, 0.5) is 5.69 Å². The van der Waals surface area contributed by atoms with Crippen molar-refractivity contribution in [3.63, 3.8) is 0 Å². The summed E-state index contributed by atoms with van der Waals surface area (Å²) in [6.45, 7) is 9.47. The van der Waals surface area contributed by atoms with Gasteiger partial charge in [-0.05, 0) is 63.4 Å². The van der Waals surface area contributed by atoms with E-state index in [-0.39, 0.29) is 42.0 Å². The normalized spacial score (nSPS) is 16.2. The Labute approximate surface area is 366 Å². The zero-order valence-corrected chi connectivity index (χ0v) is 36.3. The molecule has 19 heteroatoms. The van der Waals surface area contributed by atoms with Crippen LogP contribution in [0.2, 0.25) is 0 Å². The Bertz CT molecular complexity index is 2130. The number of hydrogen-bond acceptors (Lipinski definition) is 15. The topological polar surface area (TPSA) is 230 Å². The summed E-state index contributed by atoms with van der Waals surface area (Å²) in [6, 6.07) is 10.3. The van der Waals surface area contributed by atoms with Crippen LogP contribution in [0.25, 0.3) is 10.9 Å². The van der Waals surface area contributed by atoms with Crippen molar-refractivity contribution in [3.05, 3.63) is 65.1 Å². The standard InChI is InChI=1S/C44H59N9O10/c1-30(7-10-38(55)48-29-54)53-42(57)32-5-4-6-36(40(32)43(53)58)47-14-20-60-22-24-62-26-25-61-23-21-59-19-11-39(56)52-17-15-51(16-18-52)37(46-3)28-34(45)41-33-27-31(63-44(2)12-13-44)8-9-35(33)49-50-41/h4-6,8-9,27-30,45-47H,7,10-26H2,1-3H3,(H,49,50)(H,48,54,55)/b37-28+,45-34?. The molecule has 1 aliphatic carbocycles. The van der Waals surface area contributed by atoms with E-state index < -0.39 is 23.8 Å². The molecule has 0 spiro atoms. The van der Waals surface area contributed by atoms with Crippen LogP contribution in [0.5, 0.6) is 5.75 Å². The number of aromatic nitrogens is 2. The predicted octanol–water partition coefficient (Wildman–Crippen LogP) is 2.67. The molecule has 63 heavy (non-hydrogen) atoms. The fraction of sp³-hybridized carbons (Fsp3) is 0.523. The first-order valence-corrected chi connectivity index (χ1v) is 21.5. The number of ether oxygens (including phenoxy) is 5. The van der Waals surface area contributed by atoms with Gasteiger partial charge in [-0.2, -0.15) is 5.10 Å². The van der Waals surface area contributed by atoms with Crippen molar-refractivity contribution in [1.82, 2.24) is 35.5 Å². The Morgan fingerprint density at radius 2 is 1.57 bits per heavy atom. The number of nitrogens with one attached hydrogen (secondary N) is 5. The molecule has 19 nitrogen and oxygen atoms in total. The summed E-state index contributed by atoms with van der Waals surface area (Å²) in [5.41, 5.74) is 2.68. The van der Waals surface area contributed by atoms with Gasteiger partial charge in [0.05, 0.1) is 81.6 Å². The summed E-state index contributed by atoms with van der Waals surface area (Å²) in [7, 11) is 1.83. The molecule has 340 valence electrons. The molecule has 3 heterocycles. The second-order valence-corrected chi connectivity index (χ2v) is 15.8. The molecule has 2 aliphatic heterocycles. The van der Waals surface area contributed by atoms with Crippen molar-refractivity contribution in [1.29, 1.82) is 5.41 Å². The van der Waals surface area contributed by atoms with Gasteiger partial charge in [0.2, 0.25) is 18.2 Å². The molecule has 1 aromatic heterocycles. The number of H-pyrrole nitrogens is 1. The van der Waals surface area contributed by atoms with Gasteiger partial charge in [-0.15, -0.1) is 0 Å². The minimum Gasteiger partial charge on any atom is -0.488 e. The Balaban J connectivity index is 0.771. The van der Waals surface area contributed by atoms with Crippen LogP contribution < -0.4 is 20.7 Å². The van der Waals surface area contributed by atoms with Gasteiger partial charge < -0.3 is 44.1 Å². The van der Waals surface area contributed by atoms with Gasteiger partial charge >= 0.3 is 0 Å². The SMILES string of the molecule is CN/C(=C\C(=N)c1n[nH]c2ccc(OC3(C)CC3)cc12)N1CCN(C(=O)CCOCCOCCOCCOCCNc2cccc3c2C(=O)N(C(C)CCC(=O)NC=O)C3=O)CC1. The van der Waals surface area contributed by atoms with E-state index in [2.05, 4.69) is 38.0 Å². The van der Waals surface area contributed by atoms with Crippen LogP contribution in [0.1, 0.15) is 72.4 Å². The number of benzene rings is 2. The van der Waals surface area contributed by atoms with Crippen LogP contribution in [0.15, 0.2) is 48.3 Å². The van der Waals surface area contributed by atoms with Gasteiger partial charge in [-0.25, -0.2) is 0 Å². The van der Waals surface area contributed by atoms with Crippen LogP contribution in [-0.4, -0.2) is 165 Å². The van der Waals surface area contributed by atoms with Gasteiger partial charge in [0.15, 0.2) is 0 Å². The number of carbonyl (C=O) groups excluding carboxylic acids is 5. The lowest BCUT2D eigenvalue weighted by Gasteiger charge is -2.37. The molecule has 1 saturated heterocycles. The molecule has 5 amide bonds. The monoisotopic (exact) mass is 873 g/mol. The summed E-state index contributed by atoms with van der Waals surface area (Å²) >= 11 is 0. The second kappa shape index (κ2) is 22.5. The second-order valence-electron chi connectivity index (χ2n) is 15.8. The molecule has 5 N–H and O–H groups in total. The van der Waals surface area contributed by atoms with E-state index in [1.54, 1.807) is 31.2 Å². The van der Waals surface area contributed by atoms with Crippen molar-refractivity contribution in [2.45, 2.75) is 57.6 Å². The van der Waals surface area contributed by atoms with Crippen LogP contribution in [-0.2, 0) is 33.3 Å². The van der Waals surface area contributed by atoms with Gasteiger partial charge in [0.1, 0.15) is 22.9 Å². The third kappa shape index (κ3) is 12.6. The average Bonchev–Trinajstić information content (AvgIpc) is 3.75. The first-order chi connectivity index (χ1) is 30.5. The maximum Gasteiger partial charge on any atom is 0.263 e. The van der Waals surface area contributed by atoms with Crippen molar-refractivity contribution >= 4 is 52.3 Å². The van der Waals surface area contributed by atoms with E-state index >= 15 is 0 Å². The molecule has 1 atom stereocenters. The number of carbonyl (C=O) groups is 5. The molecular weight excluding hydrogens is 815 g/mol. The highest BCUT2D eigenvalue weighted by Crippen LogP contribution is 2.40. The van der Waals surface area contributed by atoms with E-state index in [1.807, 2.05) is 30.1 Å². The van der Waals surface area contributed by atoms with Crippen molar-refractivity contribution in [3.8, 4) is 5.75 Å². The number of nitrogens with zero attached hydrogens (tertiary/aromatic N) is 4. The smallest absolute Gasteiger partial charge is 0.263 e. The van der Waals surface area contributed by atoms with Crippen LogP contribution >= 0.6 is 0 Å². The average molecular weight is 874 g/mol. The molecule has 0 bridgehead atoms. The Kier molecular flexibility index (Phi) is 16.6. The Morgan fingerprint density at radius 3 is 2.24 bits per heavy atom. The molecule has 1 unspecified atom stereocenters. The number of rotatable bonds is 27. The van der Waals surface area contributed by atoms with E-state index in [1.165, 1.54) is 0 Å². The maximum atomic E-state index is 13.2. The van der Waals surface area contributed by atoms with Crippen molar-refractivity contribution in [2.75, 3.05) is 97.9 Å². The lowest BCUT2D eigenvalue weighted by molar-refractivity contribution is -0.134. The molecule has 2 aromatic carbocycles. The fourth-order valence-electron chi connectivity index (χ4n) is 7.34. The maximum absolute atomic E-state index is 13.2. The largest absolute Gasteiger partial charge is 0.488 e. The number of aromatic amines is 1. The minimum atomic E-state index is -0.527. The highest BCUT2D eigenvalue weighted by atomic mass is 16.6. The zero-order valence-electron chi connectivity index (χ0n) is 36.3. The quantitative estimate of drug-likeness (QED) is 0.0321. The van der Waals surface area contributed by atoms with Crippen LogP contribution in [0.3, 0.4) is 0 Å². The number of imide groups is 2. The number of anilines is 1. The lowest BCUT2D eigenvalue weighted by Crippen LogP contribution is -2.50. The Hall–Kier alpha value is -5.89. The highest BCUT2D eigenvalue weighted by Gasteiger charge is 2.41. The molecule has 0 radical (unpaired) electrons. The number of allylic oxidation sites excluding steroid dienone is 1. The zero-order chi connectivity index (χ0) is 44.8. The molecular formula is C44H59N9O10. The van der Waals surface area contributed by atoms with Gasteiger partial charge in [0.25, 0.3) is 11.8 Å². The predicted molar refractivity (Wildman–Crippen MR) is 233 cm³/mol. The van der Waals surface area contributed by atoms with Crippen molar-refractivity contribution in [2.24, 2.45) is 0 Å². The van der Waals surface area contributed by atoms with Gasteiger partial charge in [-0.1, -0.05) is 6.07 Å². The number of fused-ring (bicyclic) bond motifs is 2. The number of amides is 5. The first kappa shape index (κ1) is 46.6.